The minimum absolute atomic E-state index is 1.06. The summed E-state index contributed by atoms with van der Waals surface area (Å²) < 4.78 is 14.2. The first-order valence-corrected chi connectivity index (χ1v) is 26.5. The second-order valence-corrected chi connectivity index (χ2v) is 20.5. The van der Waals surface area contributed by atoms with E-state index in [1.54, 1.807) is 0 Å². The molecule has 0 saturated heterocycles. The van der Waals surface area contributed by atoms with Crippen LogP contribution in [0, 0.1) is 0 Å². The van der Waals surface area contributed by atoms with Crippen LogP contribution in [-0.2, 0) is 4.57 Å². The summed E-state index contributed by atoms with van der Waals surface area (Å²) in [6, 6.07) is 0. The zero-order valence-electron chi connectivity index (χ0n) is 35.7. The average molecular weight is 723 g/mol. The lowest BCUT2D eigenvalue weighted by Gasteiger charge is -2.19. The van der Waals surface area contributed by atoms with Gasteiger partial charge in [0.1, 0.15) is 0 Å². The molecule has 0 saturated carbocycles. The first kappa shape index (κ1) is 50.2. The van der Waals surface area contributed by atoms with Crippen molar-refractivity contribution in [2.24, 2.45) is 0 Å². The molecule has 0 rings (SSSR count). The van der Waals surface area contributed by atoms with E-state index in [0.717, 1.165) is 18.5 Å². The van der Waals surface area contributed by atoms with E-state index in [1.807, 2.05) is 0 Å². The Labute approximate surface area is 319 Å². The molecule has 0 fully saturated rings. The van der Waals surface area contributed by atoms with Gasteiger partial charge in [-0.1, -0.05) is 271 Å². The van der Waals surface area contributed by atoms with Gasteiger partial charge in [0.05, 0.1) is 7.14 Å². The molecule has 0 radical (unpaired) electrons. The van der Waals surface area contributed by atoms with Crippen molar-refractivity contribution in [3.63, 3.8) is 0 Å². The van der Waals surface area contributed by atoms with Crippen LogP contribution in [0.3, 0.4) is 0 Å². The van der Waals surface area contributed by atoms with Crippen molar-refractivity contribution in [1.82, 2.24) is 0 Å². The molecule has 0 N–H and O–H groups in total. The third-order valence-corrected chi connectivity index (χ3v) is 15.2. The molecule has 50 heavy (non-hydrogen) atoms. The molecule has 0 aliphatic carbocycles. The van der Waals surface area contributed by atoms with Gasteiger partial charge in [0.15, 0.2) is 0 Å². The second kappa shape index (κ2) is 43.6. The van der Waals surface area contributed by atoms with Crippen molar-refractivity contribution in [2.75, 3.05) is 18.5 Å². The molecular formula is C48H99OP. The van der Waals surface area contributed by atoms with E-state index < -0.39 is 7.14 Å². The van der Waals surface area contributed by atoms with E-state index >= 15 is 0 Å². The fourth-order valence-electron chi connectivity index (χ4n) is 8.12. The van der Waals surface area contributed by atoms with Gasteiger partial charge in [-0.05, 0) is 19.3 Å². The maximum absolute atomic E-state index is 14.2. The number of hydrogen-bond acceptors (Lipinski definition) is 1. The third kappa shape index (κ3) is 41.0. The molecule has 302 valence electrons. The van der Waals surface area contributed by atoms with Crippen molar-refractivity contribution in [1.29, 1.82) is 0 Å². The molecule has 0 unspecified atom stereocenters. The van der Waals surface area contributed by atoms with Crippen LogP contribution < -0.4 is 0 Å². The van der Waals surface area contributed by atoms with Gasteiger partial charge < -0.3 is 4.57 Å². The molecule has 0 heterocycles. The van der Waals surface area contributed by atoms with Crippen LogP contribution in [-0.4, -0.2) is 18.5 Å². The van der Waals surface area contributed by atoms with Crippen LogP contribution in [0.15, 0.2) is 0 Å². The van der Waals surface area contributed by atoms with Gasteiger partial charge in [-0.15, -0.1) is 0 Å². The van der Waals surface area contributed by atoms with E-state index in [9.17, 15) is 4.57 Å². The molecular weight excluding hydrogens is 624 g/mol. The highest BCUT2D eigenvalue weighted by molar-refractivity contribution is 7.63. The molecule has 0 bridgehead atoms. The van der Waals surface area contributed by atoms with Crippen molar-refractivity contribution >= 4 is 7.14 Å². The Balaban J connectivity index is 4.08. The standard InChI is InChI=1S/C48H99OP/c1-4-7-10-13-16-19-22-25-28-31-34-37-40-43-46-50(49,47-44-41-38-35-32-29-26-23-20-17-14-11-8-5-2)48-45-42-39-36-33-30-27-24-21-18-15-12-9-6-3/h4-48H2,1-3H3. The summed E-state index contributed by atoms with van der Waals surface area (Å²) in [6.07, 6.45) is 62.2. The van der Waals surface area contributed by atoms with Crippen LogP contribution in [0.1, 0.15) is 290 Å². The second-order valence-electron chi connectivity index (χ2n) is 17.0. The van der Waals surface area contributed by atoms with E-state index in [2.05, 4.69) is 20.8 Å². The number of rotatable bonds is 45. The Hall–Kier alpha value is 0.230. The van der Waals surface area contributed by atoms with E-state index in [4.69, 9.17) is 0 Å². The zero-order valence-corrected chi connectivity index (χ0v) is 36.6. The van der Waals surface area contributed by atoms with Crippen molar-refractivity contribution < 1.29 is 4.57 Å². The third-order valence-electron chi connectivity index (χ3n) is 11.8. The van der Waals surface area contributed by atoms with Crippen molar-refractivity contribution in [3.05, 3.63) is 0 Å². The van der Waals surface area contributed by atoms with Crippen LogP contribution in [0.25, 0.3) is 0 Å². The first-order valence-electron chi connectivity index (χ1n) is 24.3. The fraction of sp³-hybridized carbons (Fsp3) is 1.00. The van der Waals surface area contributed by atoms with Gasteiger partial charge in [0.2, 0.25) is 0 Å². The summed E-state index contributed by atoms with van der Waals surface area (Å²) in [5, 5.41) is 0. The smallest absolute Gasteiger partial charge is 0.0877 e. The lowest BCUT2D eigenvalue weighted by molar-refractivity contribution is 0.531. The molecule has 0 amide bonds. The molecule has 0 aromatic carbocycles. The highest BCUT2D eigenvalue weighted by Gasteiger charge is 2.20. The van der Waals surface area contributed by atoms with Gasteiger partial charge in [0.25, 0.3) is 0 Å². The molecule has 0 aliphatic rings. The van der Waals surface area contributed by atoms with Crippen molar-refractivity contribution in [3.8, 4) is 0 Å². The normalized spacial score (nSPS) is 12.0. The maximum atomic E-state index is 14.2. The highest BCUT2D eigenvalue weighted by atomic mass is 31.2. The van der Waals surface area contributed by atoms with Crippen LogP contribution >= 0.6 is 7.14 Å². The zero-order chi connectivity index (χ0) is 36.3. The number of unbranched alkanes of at least 4 members (excludes halogenated alkanes) is 39. The summed E-state index contributed by atoms with van der Waals surface area (Å²) >= 11 is 0. The van der Waals surface area contributed by atoms with Gasteiger partial charge >= 0.3 is 0 Å². The highest BCUT2D eigenvalue weighted by Crippen LogP contribution is 2.48. The lowest BCUT2D eigenvalue weighted by Crippen LogP contribution is -2.02. The lowest BCUT2D eigenvalue weighted by atomic mass is 10.0. The topological polar surface area (TPSA) is 17.1 Å². The van der Waals surface area contributed by atoms with Crippen LogP contribution in [0.5, 0.6) is 0 Å². The van der Waals surface area contributed by atoms with Gasteiger partial charge in [-0.2, -0.15) is 0 Å². The summed E-state index contributed by atoms with van der Waals surface area (Å²) in [7, 11) is -1.97. The monoisotopic (exact) mass is 723 g/mol. The van der Waals surface area contributed by atoms with Gasteiger partial charge in [-0.25, -0.2) is 0 Å². The van der Waals surface area contributed by atoms with E-state index in [-0.39, 0.29) is 0 Å². The molecule has 0 aliphatic heterocycles. The minimum Gasteiger partial charge on any atom is -0.324 e. The molecule has 0 aromatic rings. The summed E-state index contributed by atoms with van der Waals surface area (Å²) in [5.41, 5.74) is 0. The molecule has 0 spiro atoms. The minimum atomic E-state index is -1.97. The Morgan fingerprint density at radius 2 is 0.320 bits per heavy atom. The van der Waals surface area contributed by atoms with Gasteiger partial charge in [-0.3, -0.25) is 0 Å². The predicted molar refractivity (Wildman–Crippen MR) is 233 cm³/mol. The fourth-order valence-corrected chi connectivity index (χ4v) is 11.2. The van der Waals surface area contributed by atoms with Crippen LogP contribution in [0.4, 0.5) is 0 Å². The van der Waals surface area contributed by atoms with Gasteiger partial charge in [0, 0.05) is 18.5 Å². The van der Waals surface area contributed by atoms with Crippen molar-refractivity contribution in [2.45, 2.75) is 290 Å². The quantitative estimate of drug-likeness (QED) is 0.0452. The summed E-state index contributed by atoms with van der Waals surface area (Å²) in [5.74, 6) is 0. The molecule has 0 aromatic heterocycles. The predicted octanol–water partition coefficient (Wildman–Crippen LogP) is 18.8. The van der Waals surface area contributed by atoms with E-state index in [0.29, 0.717) is 0 Å². The SMILES string of the molecule is CCCCCCCCCCCCCCCCP(=O)(CCCCCCCCCCCCCCCC)CCCCCCCCCCCCCCCC. The van der Waals surface area contributed by atoms with Crippen LogP contribution in [0.2, 0.25) is 0 Å². The largest absolute Gasteiger partial charge is 0.324 e. The Morgan fingerprint density at radius 1 is 0.200 bits per heavy atom. The number of hydrogen-bond donors (Lipinski definition) is 0. The Bertz CT molecular complexity index is 558. The first-order chi connectivity index (χ1) is 24.7. The molecule has 1 nitrogen and oxygen atoms in total. The van der Waals surface area contributed by atoms with E-state index in [1.165, 1.54) is 270 Å². The summed E-state index contributed by atoms with van der Waals surface area (Å²) in [4.78, 5) is 0. The maximum Gasteiger partial charge on any atom is 0.0877 e. The summed E-state index contributed by atoms with van der Waals surface area (Å²) in [6.45, 7) is 6.92. The molecule has 2 heteroatoms. The average Bonchev–Trinajstić information content (AvgIpc) is 3.12. The molecule has 0 atom stereocenters. The Kier molecular flexibility index (Phi) is 43.8. The Morgan fingerprint density at radius 3 is 0.460 bits per heavy atom.